The molecule has 31 heavy (non-hydrogen) atoms. The van der Waals surface area contributed by atoms with Crippen LogP contribution >= 0.6 is 0 Å². The Morgan fingerprint density at radius 3 is 2.52 bits per heavy atom. The minimum absolute atomic E-state index is 0.0506. The summed E-state index contributed by atoms with van der Waals surface area (Å²) in [7, 11) is 1.66. The molecule has 2 aliphatic heterocycles. The highest BCUT2D eigenvalue weighted by Crippen LogP contribution is 2.28. The number of amides is 1. The topological polar surface area (TPSA) is 82.0 Å². The molecule has 0 unspecified atom stereocenters. The zero-order chi connectivity index (χ0) is 22.0. The molecule has 2 aliphatic rings. The van der Waals surface area contributed by atoms with Gasteiger partial charge in [0.15, 0.2) is 0 Å². The number of benzene rings is 1. The van der Waals surface area contributed by atoms with Crippen LogP contribution in [-0.2, 0) is 29.2 Å². The number of carbonyl (C=O) groups excluding carboxylic acids is 1. The van der Waals surface area contributed by atoms with E-state index < -0.39 is 5.60 Å². The van der Waals surface area contributed by atoms with Crippen molar-refractivity contribution in [3.63, 3.8) is 0 Å². The van der Waals surface area contributed by atoms with Crippen LogP contribution in [0.5, 0.6) is 5.75 Å². The molecule has 1 saturated heterocycles. The first-order valence-electron chi connectivity index (χ1n) is 10.7. The number of methoxy groups -OCH3 is 1. The van der Waals surface area contributed by atoms with Crippen LogP contribution in [0.1, 0.15) is 43.8 Å². The quantitative estimate of drug-likeness (QED) is 0.739. The van der Waals surface area contributed by atoms with Crippen molar-refractivity contribution in [1.29, 1.82) is 0 Å². The molecule has 168 valence electrons. The maximum atomic E-state index is 12.2. The van der Waals surface area contributed by atoms with Crippen LogP contribution in [0.2, 0.25) is 0 Å². The first-order valence-corrected chi connectivity index (χ1v) is 10.7. The minimum atomic E-state index is -0.473. The van der Waals surface area contributed by atoms with Crippen LogP contribution < -0.4 is 4.74 Å². The summed E-state index contributed by atoms with van der Waals surface area (Å²) in [4.78, 5) is 16.3. The van der Waals surface area contributed by atoms with Crippen molar-refractivity contribution in [3.8, 4) is 5.75 Å². The molecule has 9 heteroatoms. The number of fused-ring (bicyclic) bond motifs is 1. The fourth-order valence-electron chi connectivity index (χ4n) is 3.83. The highest BCUT2D eigenvalue weighted by Gasteiger charge is 2.29. The number of rotatable bonds is 4. The first-order chi connectivity index (χ1) is 14.8. The molecule has 1 atom stereocenters. The van der Waals surface area contributed by atoms with Gasteiger partial charge in [0.05, 0.1) is 26.0 Å². The molecule has 0 aliphatic carbocycles. The summed E-state index contributed by atoms with van der Waals surface area (Å²) in [6.45, 7) is 10.3. The lowest BCUT2D eigenvalue weighted by molar-refractivity contribution is -0.00244. The molecule has 9 nitrogen and oxygen atoms in total. The van der Waals surface area contributed by atoms with Crippen LogP contribution in [0.25, 0.3) is 0 Å². The standard InChI is InChI=1S/C22H31N5O4/c1-22(2,3)31-21(28)26-11-9-25(10-12-26)13-18-19-15-30-20(14-27(19)24-23-18)16-5-7-17(29-4)8-6-16/h5-8,20H,9-15H2,1-4H3/t20-/m0/s1. The van der Waals surface area contributed by atoms with Crippen molar-refractivity contribution in [3.05, 3.63) is 41.2 Å². The lowest BCUT2D eigenvalue weighted by atomic mass is 10.1. The Labute approximate surface area is 182 Å². The number of ether oxygens (including phenoxy) is 3. The second-order valence-electron chi connectivity index (χ2n) is 8.98. The molecular weight excluding hydrogens is 398 g/mol. The van der Waals surface area contributed by atoms with Crippen LogP contribution in [0.3, 0.4) is 0 Å². The van der Waals surface area contributed by atoms with E-state index in [0.717, 1.165) is 35.8 Å². The van der Waals surface area contributed by atoms with Crippen LogP contribution in [0.15, 0.2) is 24.3 Å². The zero-order valence-corrected chi connectivity index (χ0v) is 18.7. The number of carbonyl (C=O) groups is 1. The van der Waals surface area contributed by atoms with Gasteiger partial charge in [0.2, 0.25) is 0 Å². The summed E-state index contributed by atoms with van der Waals surface area (Å²) in [5.41, 5.74) is 2.60. The zero-order valence-electron chi connectivity index (χ0n) is 18.7. The number of hydrogen-bond acceptors (Lipinski definition) is 7. The van der Waals surface area contributed by atoms with Crippen molar-refractivity contribution in [1.82, 2.24) is 24.8 Å². The molecule has 0 saturated carbocycles. The third kappa shape index (κ3) is 5.16. The normalized spacial score (nSPS) is 19.7. The van der Waals surface area contributed by atoms with Gasteiger partial charge in [0.25, 0.3) is 0 Å². The average molecular weight is 430 g/mol. The van der Waals surface area contributed by atoms with E-state index in [4.69, 9.17) is 14.2 Å². The maximum Gasteiger partial charge on any atom is 0.410 e. The molecule has 1 amide bonds. The van der Waals surface area contributed by atoms with Gasteiger partial charge in [0, 0.05) is 32.7 Å². The fraction of sp³-hybridized carbons (Fsp3) is 0.591. The Bertz CT molecular complexity index is 898. The van der Waals surface area contributed by atoms with E-state index in [1.165, 1.54) is 0 Å². The van der Waals surface area contributed by atoms with Crippen LogP contribution in [-0.4, -0.2) is 69.8 Å². The van der Waals surface area contributed by atoms with Gasteiger partial charge in [-0.2, -0.15) is 0 Å². The molecule has 3 heterocycles. The maximum absolute atomic E-state index is 12.2. The molecule has 1 aromatic carbocycles. The van der Waals surface area contributed by atoms with Crippen LogP contribution in [0, 0.1) is 0 Å². The average Bonchev–Trinajstić information content (AvgIpc) is 3.15. The van der Waals surface area contributed by atoms with E-state index in [1.807, 2.05) is 49.7 Å². The van der Waals surface area contributed by atoms with Crippen molar-refractivity contribution >= 4 is 6.09 Å². The summed E-state index contributed by atoms with van der Waals surface area (Å²) in [6.07, 6.45) is -0.295. The molecular formula is C22H31N5O4. The number of piperazine rings is 1. The van der Waals surface area contributed by atoms with Gasteiger partial charge in [-0.05, 0) is 38.5 Å². The second kappa shape index (κ2) is 8.84. The number of nitrogens with zero attached hydrogens (tertiary/aromatic N) is 5. The third-order valence-corrected chi connectivity index (χ3v) is 5.56. The SMILES string of the molecule is COc1ccc([C@@H]2Cn3nnc(CN4CCN(C(=O)OC(C)(C)C)CC4)c3CO2)cc1. The third-order valence-electron chi connectivity index (χ3n) is 5.56. The van der Waals surface area contributed by atoms with E-state index >= 15 is 0 Å². The smallest absolute Gasteiger partial charge is 0.410 e. The minimum Gasteiger partial charge on any atom is -0.497 e. The van der Waals surface area contributed by atoms with E-state index in [0.29, 0.717) is 32.8 Å². The van der Waals surface area contributed by atoms with Gasteiger partial charge in [-0.3, -0.25) is 4.90 Å². The van der Waals surface area contributed by atoms with Gasteiger partial charge in [-0.1, -0.05) is 17.3 Å². The Hall–Kier alpha value is -2.65. The van der Waals surface area contributed by atoms with E-state index in [9.17, 15) is 4.79 Å². The monoisotopic (exact) mass is 429 g/mol. The van der Waals surface area contributed by atoms with E-state index in [-0.39, 0.29) is 12.2 Å². The molecule has 4 rings (SSSR count). The van der Waals surface area contributed by atoms with Gasteiger partial charge in [-0.15, -0.1) is 5.10 Å². The Morgan fingerprint density at radius 1 is 1.16 bits per heavy atom. The van der Waals surface area contributed by atoms with Gasteiger partial charge < -0.3 is 19.1 Å². The largest absolute Gasteiger partial charge is 0.497 e. The highest BCUT2D eigenvalue weighted by molar-refractivity contribution is 5.68. The fourth-order valence-corrected chi connectivity index (χ4v) is 3.83. The van der Waals surface area contributed by atoms with Gasteiger partial charge in [0.1, 0.15) is 23.1 Å². The molecule has 0 spiro atoms. The molecule has 1 aromatic heterocycles. The second-order valence-corrected chi connectivity index (χ2v) is 8.98. The first kappa shape index (κ1) is 21.6. The van der Waals surface area contributed by atoms with Crippen molar-refractivity contribution < 1.29 is 19.0 Å². The van der Waals surface area contributed by atoms with Crippen LogP contribution in [0.4, 0.5) is 4.79 Å². The Kier molecular flexibility index (Phi) is 6.15. The predicted molar refractivity (Wildman–Crippen MR) is 114 cm³/mol. The molecule has 1 fully saturated rings. The molecule has 0 bridgehead atoms. The summed E-state index contributed by atoms with van der Waals surface area (Å²) < 4.78 is 18.8. The van der Waals surface area contributed by atoms with Gasteiger partial charge >= 0.3 is 6.09 Å². The summed E-state index contributed by atoms with van der Waals surface area (Å²) in [5, 5.41) is 8.78. The summed E-state index contributed by atoms with van der Waals surface area (Å²) in [6, 6.07) is 7.93. The van der Waals surface area contributed by atoms with E-state index in [2.05, 4.69) is 15.2 Å². The lowest BCUT2D eigenvalue weighted by Crippen LogP contribution is -2.49. The van der Waals surface area contributed by atoms with Crippen molar-refractivity contribution in [2.24, 2.45) is 0 Å². The summed E-state index contributed by atoms with van der Waals surface area (Å²) in [5.74, 6) is 0.829. The Balaban J connectivity index is 1.32. The van der Waals surface area contributed by atoms with Crippen molar-refractivity contribution in [2.45, 2.75) is 52.2 Å². The highest BCUT2D eigenvalue weighted by atomic mass is 16.6. The predicted octanol–water partition coefficient (Wildman–Crippen LogP) is 2.61. The Morgan fingerprint density at radius 2 is 1.87 bits per heavy atom. The molecule has 0 radical (unpaired) electrons. The van der Waals surface area contributed by atoms with E-state index in [1.54, 1.807) is 12.0 Å². The molecule has 0 N–H and O–H groups in total. The molecule has 2 aromatic rings. The number of aromatic nitrogens is 3. The van der Waals surface area contributed by atoms with Gasteiger partial charge in [-0.25, -0.2) is 9.48 Å². The lowest BCUT2D eigenvalue weighted by Gasteiger charge is -2.35. The van der Waals surface area contributed by atoms with Crippen molar-refractivity contribution in [2.75, 3.05) is 33.3 Å². The number of hydrogen-bond donors (Lipinski definition) is 0. The summed E-state index contributed by atoms with van der Waals surface area (Å²) >= 11 is 0.